The van der Waals surface area contributed by atoms with Crippen LogP contribution in [-0.4, -0.2) is 56.5 Å². The molecule has 0 aromatic carbocycles. The predicted molar refractivity (Wildman–Crippen MR) is 69.3 cm³/mol. The highest BCUT2D eigenvalue weighted by Gasteiger charge is 2.24. The van der Waals surface area contributed by atoms with Gasteiger partial charge in [-0.15, -0.1) is 0 Å². The second-order valence-electron chi connectivity index (χ2n) is 4.88. The fraction of sp³-hybridized carbons (Fsp3) is 0.846. The second-order valence-corrected chi connectivity index (χ2v) is 4.88. The zero-order valence-corrected chi connectivity index (χ0v) is 11.4. The summed E-state index contributed by atoms with van der Waals surface area (Å²) in [6, 6.07) is 0. The van der Waals surface area contributed by atoms with Crippen LogP contribution in [0.3, 0.4) is 0 Å². The molecule has 1 fully saturated rings. The largest absolute Gasteiger partial charge is 0.385 e. The van der Waals surface area contributed by atoms with Crippen molar-refractivity contribution < 1.29 is 14.3 Å². The van der Waals surface area contributed by atoms with Crippen molar-refractivity contribution in [2.75, 3.05) is 39.9 Å². The summed E-state index contributed by atoms with van der Waals surface area (Å²) in [5.41, 5.74) is 0. The molecule has 5 heteroatoms. The van der Waals surface area contributed by atoms with Gasteiger partial charge in [-0.3, -0.25) is 14.5 Å². The standard InChI is InChI=1S/C13H24N2O3/c1-11(16)12-5-3-7-15(9-12)10-13(17)14-6-4-8-18-2/h12H,3-10H2,1-2H3,(H,14,17). The molecule has 1 heterocycles. The van der Waals surface area contributed by atoms with Gasteiger partial charge in [-0.25, -0.2) is 0 Å². The third kappa shape index (κ3) is 5.60. The number of likely N-dealkylation sites (tertiary alicyclic amines) is 1. The van der Waals surface area contributed by atoms with E-state index in [-0.39, 0.29) is 17.6 Å². The smallest absolute Gasteiger partial charge is 0.234 e. The lowest BCUT2D eigenvalue weighted by Crippen LogP contribution is -2.44. The van der Waals surface area contributed by atoms with Gasteiger partial charge in [-0.1, -0.05) is 0 Å². The van der Waals surface area contributed by atoms with Crippen molar-refractivity contribution in [2.24, 2.45) is 5.92 Å². The van der Waals surface area contributed by atoms with Gasteiger partial charge < -0.3 is 10.1 Å². The summed E-state index contributed by atoms with van der Waals surface area (Å²) in [5.74, 6) is 0.385. The lowest BCUT2D eigenvalue weighted by molar-refractivity contribution is -0.126. The van der Waals surface area contributed by atoms with Crippen LogP contribution in [0.5, 0.6) is 0 Å². The number of carbonyl (C=O) groups is 2. The van der Waals surface area contributed by atoms with E-state index in [2.05, 4.69) is 10.2 Å². The van der Waals surface area contributed by atoms with E-state index in [1.54, 1.807) is 14.0 Å². The molecule has 1 saturated heterocycles. The van der Waals surface area contributed by atoms with Crippen LogP contribution < -0.4 is 5.32 Å². The van der Waals surface area contributed by atoms with Crippen LogP contribution in [0.1, 0.15) is 26.2 Å². The Hall–Kier alpha value is -0.940. The summed E-state index contributed by atoms with van der Waals surface area (Å²) < 4.78 is 4.91. The van der Waals surface area contributed by atoms with E-state index in [9.17, 15) is 9.59 Å². The molecule has 104 valence electrons. The van der Waals surface area contributed by atoms with Gasteiger partial charge in [0.15, 0.2) is 0 Å². The van der Waals surface area contributed by atoms with Crippen molar-refractivity contribution in [1.29, 1.82) is 0 Å². The van der Waals surface area contributed by atoms with Gasteiger partial charge in [0.25, 0.3) is 0 Å². The first-order valence-electron chi connectivity index (χ1n) is 6.62. The molecule has 1 amide bonds. The molecule has 0 radical (unpaired) electrons. The molecule has 1 rings (SSSR count). The number of ether oxygens (including phenoxy) is 1. The van der Waals surface area contributed by atoms with E-state index < -0.39 is 0 Å². The number of hydrogen-bond acceptors (Lipinski definition) is 4. The third-order valence-electron chi connectivity index (χ3n) is 3.30. The van der Waals surface area contributed by atoms with Crippen molar-refractivity contribution >= 4 is 11.7 Å². The van der Waals surface area contributed by atoms with E-state index in [0.29, 0.717) is 19.7 Å². The minimum atomic E-state index is 0.0373. The summed E-state index contributed by atoms with van der Waals surface area (Å²) in [6.07, 6.45) is 2.79. The van der Waals surface area contributed by atoms with Gasteiger partial charge in [0.2, 0.25) is 5.91 Å². The second kappa shape index (κ2) is 8.21. The lowest BCUT2D eigenvalue weighted by Gasteiger charge is -2.30. The molecular weight excluding hydrogens is 232 g/mol. The number of amides is 1. The minimum Gasteiger partial charge on any atom is -0.385 e. The molecule has 0 saturated carbocycles. The Kier molecular flexibility index (Phi) is 6.90. The van der Waals surface area contributed by atoms with Gasteiger partial charge in [-0.05, 0) is 32.7 Å². The van der Waals surface area contributed by atoms with Crippen molar-refractivity contribution in [3.05, 3.63) is 0 Å². The zero-order valence-electron chi connectivity index (χ0n) is 11.4. The average molecular weight is 256 g/mol. The molecular formula is C13H24N2O3. The minimum absolute atomic E-state index is 0.0373. The maximum atomic E-state index is 11.7. The van der Waals surface area contributed by atoms with Gasteiger partial charge in [0.1, 0.15) is 5.78 Å². The van der Waals surface area contributed by atoms with E-state index in [1.807, 2.05) is 0 Å². The maximum absolute atomic E-state index is 11.7. The molecule has 1 unspecified atom stereocenters. The number of piperidine rings is 1. The fourth-order valence-corrected chi connectivity index (χ4v) is 2.23. The van der Waals surface area contributed by atoms with E-state index in [4.69, 9.17) is 4.74 Å². The normalized spacial score (nSPS) is 20.7. The molecule has 1 aliphatic heterocycles. The van der Waals surface area contributed by atoms with Crippen molar-refractivity contribution in [3.63, 3.8) is 0 Å². The number of Topliss-reactive ketones (excluding diaryl/α,β-unsaturated/α-hetero) is 1. The third-order valence-corrected chi connectivity index (χ3v) is 3.30. The highest BCUT2D eigenvalue weighted by Crippen LogP contribution is 2.16. The Morgan fingerprint density at radius 2 is 2.22 bits per heavy atom. The summed E-state index contributed by atoms with van der Waals surface area (Å²) in [6.45, 7) is 4.99. The van der Waals surface area contributed by atoms with Crippen LogP contribution in [0.2, 0.25) is 0 Å². The summed E-state index contributed by atoms with van der Waals surface area (Å²) >= 11 is 0. The topological polar surface area (TPSA) is 58.6 Å². The van der Waals surface area contributed by atoms with Crippen LogP contribution in [-0.2, 0) is 14.3 Å². The van der Waals surface area contributed by atoms with Gasteiger partial charge in [0.05, 0.1) is 6.54 Å². The number of ketones is 1. The first-order valence-corrected chi connectivity index (χ1v) is 6.62. The molecule has 0 bridgehead atoms. The molecule has 0 aromatic heterocycles. The van der Waals surface area contributed by atoms with Crippen LogP contribution in [0, 0.1) is 5.92 Å². The van der Waals surface area contributed by atoms with Gasteiger partial charge in [0, 0.05) is 32.7 Å². The number of hydrogen-bond donors (Lipinski definition) is 1. The van der Waals surface area contributed by atoms with E-state index in [0.717, 1.165) is 32.4 Å². The first kappa shape index (κ1) is 15.1. The Bertz CT molecular complexity index is 281. The lowest BCUT2D eigenvalue weighted by atomic mass is 9.95. The summed E-state index contributed by atoms with van der Waals surface area (Å²) in [5, 5.41) is 2.86. The van der Waals surface area contributed by atoms with Gasteiger partial charge >= 0.3 is 0 Å². The van der Waals surface area contributed by atoms with Crippen LogP contribution in [0.4, 0.5) is 0 Å². The zero-order chi connectivity index (χ0) is 13.4. The molecule has 5 nitrogen and oxygen atoms in total. The van der Waals surface area contributed by atoms with Crippen LogP contribution in [0.25, 0.3) is 0 Å². The van der Waals surface area contributed by atoms with E-state index >= 15 is 0 Å². The number of nitrogens with one attached hydrogen (secondary N) is 1. The molecule has 1 atom stereocenters. The molecule has 1 aliphatic rings. The van der Waals surface area contributed by atoms with Crippen LogP contribution in [0.15, 0.2) is 0 Å². The Morgan fingerprint density at radius 3 is 2.89 bits per heavy atom. The Morgan fingerprint density at radius 1 is 1.44 bits per heavy atom. The number of nitrogens with zero attached hydrogens (tertiary/aromatic N) is 1. The summed E-state index contributed by atoms with van der Waals surface area (Å²) in [7, 11) is 1.65. The van der Waals surface area contributed by atoms with E-state index in [1.165, 1.54) is 0 Å². The number of rotatable bonds is 7. The monoisotopic (exact) mass is 256 g/mol. The maximum Gasteiger partial charge on any atom is 0.234 e. The van der Waals surface area contributed by atoms with Crippen LogP contribution >= 0.6 is 0 Å². The molecule has 18 heavy (non-hydrogen) atoms. The molecule has 0 aromatic rings. The molecule has 0 spiro atoms. The average Bonchev–Trinajstić information content (AvgIpc) is 2.35. The fourth-order valence-electron chi connectivity index (χ4n) is 2.23. The summed E-state index contributed by atoms with van der Waals surface area (Å²) in [4.78, 5) is 25.1. The Balaban J connectivity index is 2.20. The predicted octanol–water partition coefficient (Wildman–Crippen LogP) is 0.440. The molecule has 1 N–H and O–H groups in total. The number of carbonyl (C=O) groups excluding carboxylic acids is 2. The quantitative estimate of drug-likeness (QED) is 0.672. The highest BCUT2D eigenvalue weighted by atomic mass is 16.5. The Labute approximate surface area is 109 Å². The number of methoxy groups -OCH3 is 1. The van der Waals surface area contributed by atoms with Crippen molar-refractivity contribution in [2.45, 2.75) is 26.2 Å². The SMILES string of the molecule is COCCCNC(=O)CN1CCCC(C(C)=O)C1. The van der Waals surface area contributed by atoms with Crippen molar-refractivity contribution in [1.82, 2.24) is 10.2 Å². The first-order chi connectivity index (χ1) is 8.63. The van der Waals surface area contributed by atoms with Crippen molar-refractivity contribution in [3.8, 4) is 0 Å². The molecule has 0 aliphatic carbocycles. The van der Waals surface area contributed by atoms with Gasteiger partial charge in [-0.2, -0.15) is 0 Å². The highest BCUT2D eigenvalue weighted by molar-refractivity contribution is 5.79.